The third kappa shape index (κ3) is 13.5. The topological polar surface area (TPSA) is 46.6 Å². The van der Waals surface area contributed by atoms with Crippen LogP contribution in [0.4, 0.5) is 0 Å². The summed E-state index contributed by atoms with van der Waals surface area (Å²) in [6.07, 6.45) is 5.66. The number of amides is 1. The van der Waals surface area contributed by atoms with Gasteiger partial charge in [-0.3, -0.25) is 9.59 Å². The Hall–Kier alpha value is -0.580. The van der Waals surface area contributed by atoms with E-state index >= 15 is 0 Å². The molecule has 0 bridgehead atoms. The molecule has 0 aliphatic carbocycles. The van der Waals surface area contributed by atoms with Gasteiger partial charge in [0.25, 0.3) is 0 Å². The zero-order chi connectivity index (χ0) is 14.6. The summed E-state index contributed by atoms with van der Waals surface area (Å²) in [5.74, 6) is -0.0681. The molecule has 1 atom stereocenters. The highest BCUT2D eigenvalue weighted by Gasteiger charge is 2.13. The molecular weight excluding hydrogens is 298 g/mol. The van der Waals surface area contributed by atoms with Gasteiger partial charge in [0.1, 0.15) is 4.83 Å². The van der Waals surface area contributed by atoms with E-state index in [4.69, 9.17) is 0 Å². The monoisotopic (exact) mass is 323 g/mol. The number of hydrogen-bond acceptors (Lipinski definition) is 3. The molecule has 4 nitrogen and oxygen atoms in total. The number of carbonyl (C=O) groups is 2. The molecule has 0 aliphatic heterocycles. The van der Waals surface area contributed by atoms with E-state index < -0.39 is 0 Å². The summed E-state index contributed by atoms with van der Waals surface area (Å²) in [5.41, 5.74) is 0. The zero-order valence-corrected chi connectivity index (χ0v) is 13.7. The van der Waals surface area contributed by atoms with Gasteiger partial charge in [0.2, 0.25) is 5.91 Å². The Kier molecular flexibility index (Phi) is 14.1. The molecule has 5 heteroatoms. The second kappa shape index (κ2) is 12.9. The smallest absolute Gasteiger partial charge is 0.319 e. The molecule has 0 N–H and O–H groups in total. The van der Waals surface area contributed by atoms with Gasteiger partial charge in [-0.2, -0.15) is 0 Å². The van der Waals surface area contributed by atoms with E-state index in [0.717, 1.165) is 12.8 Å². The van der Waals surface area contributed by atoms with Crippen molar-refractivity contribution in [3.8, 4) is 0 Å². The van der Waals surface area contributed by atoms with E-state index in [1.165, 1.54) is 38.2 Å². The lowest BCUT2D eigenvalue weighted by molar-refractivity contribution is -0.139. The predicted molar refractivity (Wildman–Crippen MR) is 77.9 cm³/mol. The molecular formula is C13H26BrNO3. The van der Waals surface area contributed by atoms with Crippen molar-refractivity contribution in [1.82, 2.24) is 4.90 Å². The van der Waals surface area contributed by atoms with Gasteiger partial charge in [0.15, 0.2) is 0 Å². The van der Waals surface area contributed by atoms with Crippen LogP contribution in [0.3, 0.4) is 0 Å². The van der Waals surface area contributed by atoms with Gasteiger partial charge in [0.05, 0.1) is 7.11 Å². The van der Waals surface area contributed by atoms with Crippen molar-refractivity contribution in [2.45, 2.75) is 50.8 Å². The van der Waals surface area contributed by atoms with Crippen LogP contribution in [0.2, 0.25) is 0 Å². The Balaban J connectivity index is 0. The number of nitrogens with zero attached hydrogens (tertiary/aromatic N) is 1. The van der Waals surface area contributed by atoms with Crippen LogP contribution < -0.4 is 0 Å². The number of carbonyl (C=O) groups excluding carboxylic acids is 2. The molecule has 108 valence electrons. The molecule has 0 spiro atoms. The first-order chi connectivity index (χ1) is 8.36. The molecule has 18 heavy (non-hydrogen) atoms. The minimum atomic E-state index is -0.161. The number of unbranched alkanes of at least 4 members (excludes halogenated alkanes) is 3. The van der Waals surface area contributed by atoms with E-state index in [2.05, 4.69) is 27.6 Å². The molecule has 0 fully saturated rings. The minimum Gasteiger partial charge on any atom is -0.468 e. The first kappa shape index (κ1) is 19.8. The van der Waals surface area contributed by atoms with Crippen LogP contribution in [0, 0.1) is 0 Å². The van der Waals surface area contributed by atoms with E-state index in [1.807, 2.05) is 0 Å². The maximum Gasteiger partial charge on any atom is 0.319 e. The zero-order valence-electron chi connectivity index (χ0n) is 12.2. The minimum absolute atomic E-state index is 0.0926. The van der Waals surface area contributed by atoms with Crippen molar-refractivity contribution in [2.75, 3.05) is 21.2 Å². The Bertz CT molecular complexity index is 232. The summed E-state index contributed by atoms with van der Waals surface area (Å²) in [6, 6.07) is 0. The third-order valence-corrected chi connectivity index (χ3v) is 3.23. The molecule has 0 aromatic rings. The fraction of sp³-hybridized carbons (Fsp3) is 0.846. The number of ether oxygens (including phenoxy) is 1. The Morgan fingerprint density at radius 1 is 1.22 bits per heavy atom. The van der Waals surface area contributed by atoms with Crippen molar-refractivity contribution in [1.29, 1.82) is 0 Å². The fourth-order valence-corrected chi connectivity index (χ4v) is 1.51. The number of hydrogen-bond donors (Lipinski definition) is 0. The molecule has 0 aromatic heterocycles. The Morgan fingerprint density at radius 2 is 1.72 bits per heavy atom. The summed E-state index contributed by atoms with van der Waals surface area (Å²) in [7, 11) is 4.87. The first-order valence-electron chi connectivity index (χ1n) is 6.26. The fourth-order valence-electron chi connectivity index (χ4n) is 0.996. The van der Waals surface area contributed by atoms with Crippen LogP contribution in [-0.2, 0) is 14.3 Å². The number of methoxy groups -OCH3 is 1. The predicted octanol–water partition coefficient (Wildman–Crippen LogP) is 2.99. The third-order valence-electron chi connectivity index (χ3n) is 2.40. The van der Waals surface area contributed by atoms with Crippen molar-refractivity contribution in [3.63, 3.8) is 0 Å². The van der Waals surface area contributed by atoms with Gasteiger partial charge in [-0.15, -0.1) is 0 Å². The van der Waals surface area contributed by atoms with E-state index in [-0.39, 0.29) is 16.7 Å². The van der Waals surface area contributed by atoms with Gasteiger partial charge in [0, 0.05) is 21.0 Å². The normalized spacial score (nSPS) is 11.0. The molecule has 0 aromatic carbocycles. The molecule has 0 aliphatic rings. The SMILES string of the molecule is CC(=O)N(C)C.CCCCCCC(Br)C(=O)OC. The van der Waals surface area contributed by atoms with Crippen molar-refractivity contribution >= 4 is 27.8 Å². The largest absolute Gasteiger partial charge is 0.468 e. The number of rotatable bonds is 6. The highest BCUT2D eigenvalue weighted by atomic mass is 79.9. The molecule has 1 amide bonds. The maximum absolute atomic E-state index is 10.9. The lowest BCUT2D eigenvalue weighted by Gasteiger charge is -2.06. The van der Waals surface area contributed by atoms with Gasteiger partial charge in [-0.05, 0) is 6.42 Å². The molecule has 0 saturated carbocycles. The van der Waals surface area contributed by atoms with Crippen molar-refractivity contribution in [2.24, 2.45) is 0 Å². The van der Waals surface area contributed by atoms with Crippen LogP contribution in [0.1, 0.15) is 46.0 Å². The highest BCUT2D eigenvalue weighted by molar-refractivity contribution is 9.10. The summed E-state index contributed by atoms with van der Waals surface area (Å²) >= 11 is 3.28. The second-order valence-electron chi connectivity index (χ2n) is 4.25. The Labute approximate surface area is 119 Å². The first-order valence-corrected chi connectivity index (χ1v) is 7.18. The van der Waals surface area contributed by atoms with Crippen molar-refractivity contribution in [3.05, 3.63) is 0 Å². The molecule has 0 rings (SSSR count). The van der Waals surface area contributed by atoms with Crippen LogP contribution in [0.5, 0.6) is 0 Å². The number of alkyl halides is 1. The summed E-state index contributed by atoms with van der Waals surface area (Å²) in [5, 5.41) is 0. The summed E-state index contributed by atoms with van der Waals surface area (Å²) < 4.78 is 4.58. The molecule has 0 heterocycles. The number of halogens is 1. The number of esters is 1. The van der Waals surface area contributed by atoms with Gasteiger partial charge in [-0.1, -0.05) is 48.5 Å². The van der Waals surface area contributed by atoms with Crippen LogP contribution in [0.25, 0.3) is 0 Å². The standard InChI is InChI=1S/C9H17BrO2.C4H9NO/c1-3-4-5-6-7-8(10)9(11)12-2;1-4(6)5(2)3/h8H,3-7H2,1-2H3;1-3H3. The Morgan fingerprint density at radius 3 is 2.06 bits per heavy atom. The molecule has 1 unspecified atom stereocenters. The lowest BCUT2D eigenvalue weighted by atomic mass is 10.1. The van der Waals surface area contributed by atoms with E-state index in [9.17, 15) is 9.59 Å². The average Bonchev–Trinajstić information content (AvgIpc) is 2.33. The van der Waals surface area contributed by atoms with Gasteiger partial charge < -0.3 is 9.64 Å². The summed E-state index contributed by atoms with van der Waals surface area (Å²) in [4.78, 5) is 22.4. The van der Waals surface area contributed by atoms with E-state index in [0.29, 0.717) is 0 Å². The molecule has 0 radical (unpaired) electrons. The molecule has 0 saturated heterocycles. The van der Waals surface area contributed by atoms with Crippen LogP contribution in [0.15, 0.2) is 0 Å². The van der Waals surface area contributed by atoms with Crippen LogP contribution >= 0.6 is 15.9 Å². The summed E-state index contributed by atoms with van der Waals surface area (Å²) in [6.45, 7) is 3.70. The quantitative estimate of drug-likeness (QED) is 0.429. The van der Waals surface area contributed by atoms with Gasteiger partial charge >= 0.3 is 5.97 Å². The second-order valence-corrected chi connectivity index (χ2v) is 5.36. The van der Waals surface area contributed by atoms with Crippen molar-refractivity contribution < 1.29 is 14.3 Å². The average molecular weight is 324 g/mol. The van der Waals surface area contributed by atoms with E-state index in [1.54, 1.807) is 14.1 Å². The lowest BCUT2D eigenvalue weighted by Crippen LogP contribution is -2.17. The highest BCUT2D eigenvalue weighted by Crippen LogP contribution is 2.12. The van der Waals surface area contributed by atoms with Crippen LogP contribution in [-0.4, -0.2) is 42.8 Å². The van der Waals surface area contributed by atoms with Gasteiger partial charge in [-0.25, -0.2) is 0 Å². The maximum atomic E-state index is 10.9.